The van der Waals surface area contributed by atoms with Crippen LogP contribution in [0.1, 0.15) is 40.5 Å². The molecule has 6 unspecified atom stereocenters. The largest absolute Gasteiger partial charge is 0.455 e. The molecule has 0 aromatic heterocycles. The second-order valence-corrected chi connectivity index (χ2v) is 6.95. The first-order valence-electron chi connectivity index (χ1n) is 7.91. The molecule has 3 aliphatic rings. The van der Waals surface area contributed by atoms with Crippen LogP contribution in [0.4, 0.5) is 0 Å². The summed E-state index contributed by atoms with van der Waals surface area (Å²) in [4.78, 5) is 36.5. The molecular formula is C16H22O6. The van der Waals surface area contributed by atoms with Gasteiger partial charge in [-0.2, -0.15) is 0 Å². The zero-order chi connectivity index (χ0) is 16.2. The second kappa shape index (κ2) is 5.05. The Morgan fingerprint density at radius 3 is 2.45 bits per heavy atom. The fourth-order valence-corrected chi connectivity index (χ4v) is 3.51. The van der Waals surface area contributed by atoms with E-state index in [1.54, 1.807) is 6.92 Å². The highest BCUT2D eigenvalue weighted by Gasteiger charge is 2.71. The predicted octanol–water partition coefficient (Wildman–Crippen LogP) is 1.25. The summed E-state index contributed by atoms with van der Waals surface area (Å²) in [5, 5.41) is 0. The van der Waals surface area contributed by atoms with Crippen LogP contribution in [0.5, 0.6) is 0 Å². The molecule has 3 heterocycles. The number of Topliss-reactive ketones (excluding diaryl/α,β-unsaturated/α-hetero) is 1. The van der Waals surface area contributed by atoms with Crippen molar-refractivity contribution in [2.24, 2.45) is 17.3 Å². The molecule has 0 saturated carbocycles. The number of hydrogen-bond donors (Lipinski definition) is 0. The molecule has 3 fully saturated rings. The molecule has 0 N–H and O–H groups in total. The number of esters is 2. The van der Waals surface area contributed by atoms with E-state index in [0.717, 1.165) is 0 Å². The van der Waals surface area contributed by atoms with Crippen LogP contribution < -0.4 is 0 Å². The lowest BCUT2D eigenvalue weighted by atomic mass is 9.75. The number of hydrogen-bond acceptors (Lipinski definition) is 6. The van der Waals surface area contributed by atoms with E-state index in [4.69, 9.17) is 14.2 Å². The van der Waals surface area contributed by atoms with Gasteiger partial charge in [0.25, 0.3) is 0 Å². The summed E-state index contributed by atoms with van der Waals surface area (Å²) in [6.07, 6.45) is -1.30. The standard InChI is InChI=1S/C16H22O6/c1-5-7(17)8-9-11-12(21-14(9)18)13(10(8)20-11)22-15(19)16(3,4)6-2/h8-13H,5-6H2,1-4H3. The van der Waals surface area contributed by atoms with Gasteiger partial charge < -0.3 is 14.2 Å². The second-order valence-electron chi connectivity index (χ2n) is 6.95. The minimum Gasteiger partial charge on any atom is -0.455 e. The van der Waals surface area contributed by atoms with Gasteiger partial charge in [-0.15, -0.1) is 0 Å². The lowest BCUT2D eigenvalue weighted by molar-refractivity contribution is -0.170. The van der Waals surface area contributed by atoms with Gasteiger partial charge in [-0.25, -0.2) is 0 Å². The zero-order valence-electron chi connectivity index (χ0n) is 13.3. The van der Waals surface area contributed by atoms with Gasteiger partial charge in [-0.1, -0.05) is 13.8 Å². The maximum absolute atomic E-state index is 12.3. The third-order valence-electron chi connectivity index (χ3n) is 5.30. The molecule has 2 bridgehead atoms. The van der Waals surface area contributed by atoms with Crippen molar-refractivity contribution in [3.8, 4) is 0 Å². The molecule has 3 rings (SSSR count). The molecule has 6 heteroatoms. The van der Waals surface area contributed by atoms with E-state index >= 15 is 0 Å². The summed E-state index contributed by atoms with van der Waals surface area (Å²) in [5.41, 5.74) is -0.617. The summed E-state index contributed by atoms with van der Waals surface area (Å²) in [7, 11) is 0. The molecule has 6 atom stereocenters. The van der Waals surface area contributed by atoms with Crippen molar-refractivity contribution < 1.29 is 28.6 Å². The average Bonchev–Trinajstić information content (AvgIpc) is 3.09. The van der Waals surface area contributed by atoms with Crippen LogP contribution in [0.2, 0.25) is 0 Å². The number of carbonyl (C=O) groups excluding carboxylic acids is 3. The van der Waals surface area contributed by atoms with Gasteiger partial charge in [0.2, 0.25) is 0 Å². The van der Waals surface area contributed by atoms with Gasteiger partial charge >= 0.3 is 11.9 Å². The highest BCUT2D eigenvalue weighted by molar-refractivity contribution is 5.90. The maximum atomic E-state index is 12.3. The summed E-state index contributed by atoms with van der Waals surface area (Å²) < 4.78 is 16.7. The third kappa shape index (κ3) is 2.00. The lowest BCUT2D eigenvalue weighted by Crippen LogP contribution is -2.48. The van der Waals surface area contributed by atoms with Crippen molar-refractivity contribution in [3.05, 3.63) is 0 Å². The molecule has 122 valence electrons. The molecule has 0 spiro atoms. The van der Waals surface area contributed by atoms with E-state index in [-0.39, 0.29) is 11.8 Å². The molecule has 3 saturated heterocycles. The Hall–Kier alpha value is -1.43. The van der Waals surface area contributed by atoms with Gasteiger partial charge in [0.1, 0.15) is 18.0 Å². The Labute approximate surface area is 129 Å². The molecule has 22 heavy (non-hydrogen) atoms. The number of fused-ring (bicyclic) bond motifs is 1. The van der Waals surface area contributed by atoms with E-state index in [1.165, 1.54) is 0 Å². The summed E-state index contributed by atoms with van der Waals surface area (Å²) >= 11 is 0. The van der Waals surface area contributed by atoms with Crippen LogP contribution >= 0.6 is 0 Å². The fraction of sp³-hybridized carbons (Fsp3) is 0.812. The summed E-state index contributed by atoms with van der Waals surface area (Å²) in [6, 6.07) is 0. The van der Waals surface area contributed by atoms with Gasteiger partial charge in [0.15, 0.2) is 12.2 Å². The highest BCUT2D eigenvalue weighted by atomic mass is 16.7. The minimum atomic E-state index is -0.675. The van der Waals surface area contributed by atoms with E-state index in [9.17, 15) is 14.4 Å². The Balaban J connectivity index is 1.84. The molecule has 0 amide bonds. The number of carbonyl (C=O) groups is 3. The summed E-state index contributed by atoms with van der Waals surface area (Å²) in [6.45, 7) is 7.28. The lowest BCUT2D eigenvalue weighted by Gasteiger charge is -2.30. The van der Waals surface area contributed by atoms with Crippen molar-refractivity contribution in [2.75, 3.05) is 0 Å². The van der Waals surface area contributed by atoms with Crippen molar-refractivity contribution in [2.45, 2.75) is 65.0 Å². The molecule has 3 aliphatic heterocycles. The first kappa shape index (κ1) is 15.5. The van der Waals surface area contributed by atoms with E-state index in [1.807, 2.05) is 20.8 Å². The van der Waals surface area contributed by atoms with Crippen LogP contribution in [-0.2, 0) is 28.6 Å². The molecule has 0 aromatic carbocycles. The topological polar surface area (TPSA) is 78.9 Å². The molecule has 0 aliphatic carbocycles. The molecule has 0 radical (unpaired) electrons. The SMILES string of the molecule is CCC(=O)C1C2OC3C(OC(=O)C31)C2OC(=O)C(C)(C)CC. The van der Waals surface area contributed by atoms with Crippen molar-refractivity contribution >= 4 is 17.7 Å². The van der Waals surface area contributed by atoms with Crippen LogP contribution in [0.25, 0.3) is 0 Å². The van der Waals surface area contributed by atoms with Crippen molar-refractivity contribution in [1.82, 2.24) is 0 Å². The Morgan fingerprint density at radius 2 is 1.86 bits per heavy atom. The number of rotatable bonds is 5. The predicted molar refractivity (Wildman–Crippen MR) is 74.8 cm³/mol. The van der Waals surface area contributed by atoms with E-state index in [2.05, 4.69) is 0 Å². The first-order chi connectivity index (χ1) is 10.3. The zero-order valence-corrected chi connectivity index (χ0v) is 13.3. The first-order valence-corrected chi connectivity index (χ1v) is 7.91. The Kier molecular flexibility index (Phi) is 3.55. The number of ketones is 1. The van der Waals surface area contributed by atoms with Gasteiger partial charge in [0.05, 0.1) is 17.3 Å². The van der Waals surface area contributed by atoms with Crippen LogP contribution in [0.15, 0.2) is 0 Å². The average molecular weight is 310 g/mol. The van der Waals surface area contributed by atoms with Crippen LogP contribution in [0.3, 0.4) is 0 Å². The Morgan fingerprint density at radius 1 is 1.18 bits per heavy atom. The fourth-order valence-electron chi connectivity index (χ4n) is 3.51. The monoisotopic (exact) mass is 310 g/mol. The van der Waals surface area contributed by atoms with Crippen molar-refractivity contribution in [3.63, 3.8) is 0 Å². The van der Waals surface area contributed by atoms with Gasteiger partial charge in [-0.05, 0) is 20.3 Å². The van der Waals surface area contributed by atoms with Gasteiger partial charge in [-0.3, -0.25) is 14.4 Å². The summed E-state index contributed by atoms with van der Waals surface area (Å²) in [5.74, 6) is -1.87. The third-order valence-corrected chi connectivity index (χ3v) is 5.30. The normalized spacial score (nSPS) is 39.0. The maximum Gasteiger partial charge on any atom is 0.313 e. The van der Waals surface area contributed by atoms with E-state index in [0.29, 0.717) is 12.8 Å². The van der Waals surface area contributed by atoms with E-state index < -0.39 is 47.6 Å². The molecule has 6 nitrogen and oxygen atoms in total. The number of ether oxygens (including phenoxy) is 3. The quantitative estimate of drug-likeness (QED) is 0.711. The minimum absolute atomic E-state index is 0.0365. The van der Waals surface area contributed by atoms with Crippen LogP contribution in [-0.4, -0.2) is 42.1 Å². The Bertz CT molecular complexity index is 525. The van der Waals surface area contributed by atoms with Crippen molar-refractivity contribution in [1.29, 1.82) is 0 Å². The van der Waals surface area contributed by atoms with Gasteiger partial charge in [0, 0.05) is 6.42 Å². The molecular weight excluding hydrogens is 288 g/mol. The molecule has 0 aromatic rings. The highest BCUT2D eigenvalue weighted by Crippen LogP contribution is 2.51. The smallest absolute Gasteiger partial charge is 0.313 e. The van der Waals surface area contributed by atoms with Crippen LogP contribution in [0, 0.1) is 17.3 Å².